The van der Waals surface area contributed by atoms with Gasteiger partial charge in [-0.15, -0.1) is 0 Å². The van der Waals surface area contributed by atoms with Gasteiger partial charge in [-0.1, -0.05) is 109 Å². The molecule has 3 unspecified atom stereocenters. The number of phosphoric acid groups is 1. The van der Waals surface area contributed by atoms with Gasteiger partial charge in [-0.2, -0.15) is 0 Å². The number of carbonyl (C=O) groups excluding carboxylic acids is 2. The molecule has 45 heavy (non-hydrogen) atoms. The molecule has 0 aliphatic rings. The second-order valence-corrected chi connectivity index (χ2v) is 13.2. The molecule has 264 valence electrons. The molecule has 0 saturated carbocycles. The molecule has 0 fully saturated rings. The Balaban J connectivity index is 3.81. The number of allylic oxidation sites excluding steroid dienone is 2. The summed E-state index contributed by atoms with van der Waals surface area (Å²) >= 11 is 0. The topological polar surface area (TPSA) is 169 Å². The number of carboxylic acid groups (broad SMARTS) is 1. The fourth-order valence-corrected chi connectivity index (χ4v) is 5.32. The summed E-state index contributed by atoms with van der Waals surface area (Å²) in [5.74, 6) is -2.41. The van der Waals surface area contributed by atoms with Crippen LogP contribution in [0, 0.1) is 0 Å². The van der Waals surface area contributed by atoms with Gasteiger partial charge in [-0.25, -0.2) is 9.36 Å². The highest BCUT2D eigenvalue weighted by molar-refractivity contribution is 7.47. The molecule has 0 aliphatic heterocycles. The number of aliphatic hydroxyl groups is 1. The van der Waals surface area contributed by atoms with E-state index in [1.165, 1.54) is 70.6 Å². The summed E-state index contributed by atoms with van der Waals surface area (Å²) in [6.45, 7) is 2.32. The van der Waals surface area contributed by atoms with Crippen molar-refractivity contribution in [3.05, 3.63) is 12.2 Å². The van der Waals surface area contributed by atoms with Crippen LogP contribution >= 0.6 is 7.82 Å². The highest BCUT2D eigenvalue weighted by Crippen LogP contribution is 2.43. The standard InChI is InChI=1S/C33H62NO10P/c1-3-5-7-8-9-10-11-12-13-14-15-16-17-18-19-20-21-23-25-32(37)42-26-29(35)27-43-45(40,41)44-28-30(33(38)39)34-31(36)24-22-6-4-2/h13-14,29-30,35H,3-12,15-28H2,1-2H3,(H,34,36)(H,38,39)(H,40,41)/b14-13-. The van der Waals surface area contributed by atoms with Gasteiger partial charge in [0.2, 0.25) is 5.91 Å². The molecule has 0 bridgehead atoms. The van der Waals surface area contributed by atoms with E-state index in [9.17, 15) is 34.1 Å². The maximum absolute atomic E-state index is 12.1. The smallest absolute Gasteiger partial charge is 0.472 e. The van der Waals surface area contributed by atoms with Crippen molar-refractivity contribution in [1.29, 1.82) is 0 Å². The van der Waals surface area contributed by atoms with E-state index in [2.05, 4.69) is 33.4 Å². The molecule has 0 heterocycles. The van der Waals surface area contributed by atoms with Crippen LogP contribution in [-0.4, -0.2) is 64.9 Å². The van der Waals surface area contributed by atoms with E-state index in [4.69, 9.17) is 4.74 Å². The van der Waals surface area contributed by atoms with Gasteiger partial charge in [0.15, 0.2) is 6.04 Å². The summed E-state index contributed by atoms with van der Waals surface area (Å²) in [6.07, 6.45) is 25.1. The quantitative estimate of drug-likeness (QED) is 0.0247. The van der Waals surface area contributed by atoms with Gasteiger partial charge >= 0.3 is 19.8 Å². The van der Waals surface area contributed by atoms with Crippen molar-refractivity contribution in [2.45, 2.75) is 161 Å². The van der Waals surface area contributed by atoms with E-state index in [0.29, 0.717) is 12.8 Å². The fraction of sp³-hybridized carbons (Fsp3) is 0.848. The number of carboxylic acids is 1. The third-order valence-electron chi connectivity index (χ3n) is 7.30. The molecule has 0 radical (unpaired) electrons. The van der Waals surface area contributed by atoms with Crippen molar-refractivity contribution < 1.29 is 47.8 Å². The van der Waals surface area contributed by atoms with E-state index >= 15 is 0 Å². The maximum atomic E-state index is 12.1. The monoisotopic (exact) mass is 663 g/mol. The summed E-state index contributed by atoms with van der Waals surface area (Å²) in [7, 11) is -4.72. The number of aliphatic hydroxyl groups excluding tert-OH is 1. The third-order valence-corrected chi connectivity index (χ3v) is 8.26. The first kappa shape index (κ1) is 43.2. The van der Waals surface area contributed by atoms with Gasteiger partial charge < -0.3 is 25.2 Å². The molecular weight excluding hydrogens is 601 g/mol. The number of unbranched alkanes of at least 4 members (excludes halogenated alkanes) is 16. The summed E-state index contributed by atoms with van der Waals surface area (Å²) in [4.78, 5) is 44.9. The van der Waals surface area contributed by atoms with Gasteiger partial charge in [0.1, 0.15) is 12.7 Å². The lowest BCUT2D eigenvalue weighted by molar-refractivity contribution is -0.147. The van der Waals surface area contributed by atoms with E-state index in [1.807, 2.05) is 6.92 Å². The Morgan fingerprint density at radius 1 is 0.689 bits per heavy atom. The number of rotatable bonds is 32. The lowest BCUT2D eigenvalue weighted by Crippen LogP contribution is -2.43. The minimum atomic E-state index is -4.72. The van der Waals surface area contributed by atoms with Crippen LogP contribution in [0.5, 0.6) is 0 Å². The minimum Gasteiger partial charge on any atom is -0.480 e. The Hall–Kier alpha value is -1.78. The number of nitrogens with one attached hydrogen (secondary N) is 1. The average Bonchev–Trinajstić information content (AvgIpc) is 3.00. The van der Waals surface area contributed by atoms with Gasteiger partial charge in [-0.3, -0.25) is 18.6 Å². The first-order valence-electron chi connectivity index (χ1n) is 17.2. The fourth-order valence-electron chi connectivity index (χ4n) is 4.54. The van der Waals surface area contributed by atoms with Crippen LogP contribution in [0.25, 0.3) is 0 Å². The number of hydrogen-bond donors (Lipinski definition) is 4. The van der Waals surface area contributed by atoms with Crippen molar-refractivity contribution in [2.75, 3.05) is 19.8 Å². The largest absolute Gasteiger partial charge is 0.480 e. The minimum absolute atomic E-state index is 0.132. The highest BCUT2D eigenvalue weighted by Gasteiger charge is 2.28. The van der Waals surface area contributed by atoms with Crippen molar-refractivity contribution in [3.8, 4) is 0 Å². The van der Waals surface area contributed by atoms with Crippen molar-refractivity contribution in [2.24, 2.45) is 0 Å². The Morgan fingerprint density at radius 2 is 1.16 bits per heavy atom. The predicted molar refractivity (Wildman–Crippen MR) is 176 cm³/mol. The predicted octanol–water partition coefficient (Wildman–Crippen LogP) is 7.38. The molecule has 0 aromatic heterocycles. The zero-order chi connectivity index (χ0) is 33.6. The molecule has 3 atom stereocenters. The second-order valence-electron chi connectivity index (χ2n) is 11.7. The summed E-state index contributed by atoms with van der Waals surface area (Å²) in [5, 5.41) is 21.4. The third kappa shape index (κ3) is 29.4. The highest BCUT2D eigenvalue weighted by atomic mass is 31.2. The molecule has 0 rings (SSSR count). The molecule has 0 aromatic rings. The van der Waals surface area contributed by atoms with Crippen LogP contribution in [0.15, 0.2) is 12.2 Å². The molecule has 0 saturated heterocycles. The number of aliphatic carboxylic acids is 1. The normalized spacial score (nSPS) is 14.2. The zero-order valence-corrected chi connectivity index (χ0v) is 28.8. The molecule has 0 aromatic carbocycles. The number of ether oxygens (including phenoxy) is 1. The molecular formula is C33H62NO10P. The van der Waals surface area contributed by atoms with Crippen molar-refractivity contribution in [1.82, 2.24) is 5.32 Å². The maximum Gasteiger partial charge on any atom is 0.472 e. The second kappa shape index (κ2) is 29.6. The van der Waals surface area contributed by atoms with E-state index in [1.54, 1.807) is 0 Å². The Bertz CT molecular complexity index is 838. The van der Waals surface area contributed by atoms with Crippen molar-refractivity contribution in [3.63, 3.8) is 0 Å². The molecule has 1 amide bonds. The summed E-state index contributed by atoms with van der Waals surface area (Å²) in [5.41, 5.74) is 0. The Kier molecular flexibility index (Phi) is 28.4. The summed E-state index contributed by atoms with van der Waals surface area (Å²) in [6, 6.07) is -1.54. The molecule has 4 N–H and O–H groups in total. The lowest BCUT2D eigenvalue weighted by atomic mass is 10.1. The number of esters is 1. The van der Waals surface area contributed by atoms with Crippen LogP contribution < -0.4 is 5.32 Å². The number of carbonyl (C=O) groups is 3. The SMILES string of the molecule is CCCCCCCCC/C=C\CCCCCCCCCC(=O)OCC(O)COP(=O)(O)OCC(NC(=O)CCCCC)C(=O)O. The Labute approximate surface area is 271 Å². The van der Waals surface area contributed by atoms with Crippen LogP contribution in [0.1, 0.15) is 149 Å². The first-order valence-corrected chi connectivity index (χ1v) is 18.7. The van der Waals surface area contributed by atoms with Crippen LogP contribution in [0.3, 0.4) is 0 Å². The number of phosphoric ester groups is 1. The zero-order valence-electron chi connectivity index (χ0n) is 27.9. The number of amides is 1. The number of hydrogen-bond acceptors (Lipinski definition) is 8. The molecule has 12 heteroatoms. The van der Waals surface area contributed by atoms with Crippen molar-refractivity contribution >= 4 is 25.7 Å². The van der Waals surface area contributed by atoms with Crippen LogP contribution in [0.2, 0.25) is 0 Å². The van der Waals surface area contributed by atoms with Crippen LogP contribution in [0.4, 0.5) is 0 Å². The summed E-state index contributed by atoms with van der Waals surface area (Å²) < 4.78 is 26.4. The van der Waals surface area contributed by atoms with E-state index < -0.39 is 57.6 Å². The first-order chi connectivity index (χ1) is 21.6. The van der Waals surface area contributed by atoms with Gasteiger partial charge in [0.25, 0.3) is 0 Å². The van der Waals surface area contributed by atoms with Crippen LogP contribution in [-0.2, 0) is 32.7 Å². The Morgan fingerprint density at radius 3 is 1.71 bits per heavy atom. The molecule has 11 nitrogen and oxygen atoms in total. The lowest BCUT2D eigenvalue weighted by Gasteiger charge is -2.18. The average molecular weight is 664 g/mol. The van der Waals surface area contributed by atoms with Gasteiger partial charge in [-0.05, 0) is 38.5 Å². The molecule has 0 aliphatic carbocycles. The molecule has 0 spiro atoms. The van der Waals surface area contributed by atoms with E-state index in [0.717, 1.165) is 38.5 Å². The van der Waals surface area contributed by atoms with E-state index in [-0.39, 0.29) is 12.8 Å². The van der Waals surface area contributed by atoms with Gasteiger partial charge in [0.05, 0.1) is 13.2 Å². The van der Waals surface area contributed by atoms with Gasteiger partial charge in [0, 0.05) is 12.8 Å².